The van der Waals surface area contributed by atoms with E-state index in [2.05, 4.69) is 10.6 Å². The first kappa shape index (κ1) is 20.3. The first-order valence-electron chi connectivity index (χ1n) is 9.85. The number of fused-ring (bicyclic) bond motifs is 1. The number of benzene rings is 2. The molecule has 0 aromatic heterocycles. The van der Waals surface area contributed by atoms with Crippen LogP contribution in [0.25, 0.3) is 0 Å². The van der Waals surface area contributed by atoms with Crippen LogP contribution >= 0.6 is 11.8 Å². The molecule has 3 amide bonds. The quantitative estimate of drug-likeness (QED) is 0.736. The number of carbonyl (C=O) groups is 3. The fraction of sp³-hybridized carbons (Fsp3) is 0.318. The minimum Gasteiger partial charge on any atom is -0.497 e. The predicted molar refractivity (Wildman–Crippen MR) is 116 cm³/mol. The van der Waals surface area contributed by atoms with Gasteiger partial charge in [-0.05, 0) is 49.2 Å². The molecular weight excluding hydrogens is 402 g/mol. The number of anilines is 2. The first-order chi connectivity index (χ1) is 14.5. The SMILES string of the molecule is COc1ccc(NC(=O)[C@H]2CCCN(C(=O)[C@H]3Sc4ccccc4NC3=O)C2)cc1. The number of methoxy groups -OCH3 is 1. The van der Waals surface area contributed by atoms with Gasteiger partial charge in [0.05, 0.1) is 18.7 Å². The summed E-state index contributed by atoms with van der Waals surface area (Å²) in [6.07, 6.45) is 1.43. The second-order valence-electron chi connectivity index (χ2n) is 7.32. The molecule has 4 rings (SSSR count). The highest BCUT2D eigenvalue weighted by atomic mass is 32.2. The van der Waals surface area contributed by atoms with E-state index in [1.54, 1.807) is 36.3 Å². The van der Waals surface area contributed by atoms with E-state index in [-0.39, 0.29) is 23.6 Å². The molecule has 30 heavy (non-hydrogen) atoms. The third-order valence-electron chi connectivity index (χ3n) is 5.31. The van der Waals surface area contributed by atoms with E-state index in [0.29, 0.717) is 30.9 Å². The molecule has 7 nitrogen and oxygen atoms in total. The van der Waals surface area contributed by atoms with Gasteiger partial charge < -0.3 is 20.3 Å². The molecule has 0 bridgehead atoms. The van der Waals surface area contributed by atoms with Gasteiger partial charge in [0.1, 0.15) is 5.75 Å². The monoisotopic (exact) mass is 425 g/mol. The van der Waals surface area contributed by atoms with Crippen molar-refractivity contribution in [3.63, 3.8) is 0 Å². The maximum Gasteiger partial charge on any atom is 0.247 e. The summed E-state index contributed by atoms with van der Waals surface area (Å²) in [5, 5.41) is 4.89. The molecule has 2 aliphatic rings. The molecule has 2 N–H and O–H groups in total. The third kappa shape index (κ3) is 4.28. The zero-order valence-electron chi connectivity index (χ0n) is 16.6. The number of rotatable bonds is 4. The average molecular weight is 426 g/mol. The Morgan fingerprint density at radius 3 is 2.70 bits per heavy atom. The maximum absolute atomic E-state index is 13.1. The molecule has 0 saturated carbocycles. The first-order valence-corrected chi connectivity index (χ1v) is 10.7. The van der Waals surface area contributed by atoms with Crippen LogP contribution in [0.1, 0.15) is 12.8 Å². The second-order valence-corrected chi connectivity index (χ2v) is 8.47. The van der Waals surface area contributed by atoms with E-state index >= 15 is 0 Å². The topological polar surface area (TPSA) is 87.7 Å². The zero-order chi connectivity index (χ0) is 21.1. The van der Waals surface area contributed by atoms with Gasteiger partial charge in [-0.25, -0.2) is 0 Å². The van der Waals surface area contributed by atoms with Crippen molar-refractivity contribution in [1.82, 2.24) is 4.90 Å². The maximum atomic E-state index is 13.1. The van der Waals surface area contributed by atoms with Crippen LogP contribution in [0.5, 0.6) is 5.75 Å². The number of hydrogen-bond donors (Lipinski definition) is 2. The Labute approximate surface area is 179 Å². The second kappa shape index (κ2) is 8.79. The van der Waals surface area contributed by atoms with E-state index in [9.17, 15) is 14.4 Å². The lowest BCUT2D eigenvalue weighted by Gasteiger charge is -2.35. The minimum atomic E-state index is -0.830. The van der Waals surface area contributed by atoms with Crippen molar-refractivity contribution in [3.05, 3.63) is 48.5 Å². The Kier molecular flexibility index (Phi) is 5.94. The number of piperidine rings is 1. The smallest absolute Gasteiger partial charge is 0.247 e. The number of amides is 3. The van der Waals surface area contributed by atoms with Crippen LogP contribution in [0.2, 0.25) is 0 Å². The average Bonchev–Trinajstić information content (AvgIpc) is 2.78. The van der Waals surface area contributed by atoms with Gasteiger partial charge in [-0.15, -0.1) is 11.8 Å². The van der Waals surface area contributed by atoms with Crippen molar-refractivity contribution in [2.75, 3.05) is 30.8 Å². The molecule has 0 spiro atoms. The molecule has 2 aromatic carbocycles. The number of carbonyl (C=O) groups excluding carboxylic acids is 3. The number of nitrogens with zero attached hydrogens (tertiary/aromatic N) is 1. The van der Waals surface area contributed by atoms with Crippen molar-refractivity contribution in [2.24, 2.45) is 5.92 Å². The Balaban J connectivity index is 1.40. The van der Waals surface area contributed by atoms with E-state index < -0.39 is 5.25 Å². The number of hydrogen-bond acceptors (Lipinski definition) is 5. The lowest BCUT2D eigenvalue weighted by atomic mass is 9.96. The summed E-state index contributed by atoms with van der Waals surface area (Å²) in [6, 6.07) is 14.6. The fourth-order valence-corrected chi connectivity index (χ4v) is 4.76. The molecule has 0 aliphatic carbocycles. The van der Waals surface area contributed by atoms with Crippen molar-refractivity contribution in [1.29, 1.82) is 0 Å². The Morgan fingerprint density at radius 2 is 1.93 bits per heavy atom. The number of likely N-dealkylation sites (tertiary alicyclic amines) is 1. The van der Waals surface area contributed by atoms with Gasteiger partial charge in [0.25, 0.3) is 0 Å². The van der Waals surface area contributed by atoms with E-state index in [0.717, 1.165) is 17.0 Å². The van der Waals surface area contributed by atoms with Crippen molar-refractivity contribution in [2.45, 2.75) is 23.0 Å². The van der Waals surface area contributed by atoms with Gasteiger partial charge in [0, 0.05) is 23.7 Å². The summed E-state index contributed by atoms with van der Waals surface area (Å²) in [4.78, 5) is 40.8. The van der Waals surface area contributed by atoms with E-state index in [1.807, 2.05) is 24.3 Å². The third-order valence-corrected chi connectivity index (χ3v) is 6.57. The number of nitrogens with one attached hydrogen (secondary N) is 2. The van der Waals surface area contributed by atoms with Crippen LogP contribution in [-0.2, 0) is 14.4 Å². The highest BCUT2D eigenvalue weighted by molar-refractivity contribution is 8.01. The number of ether oxygens (including phenoxy) is 1. The van der Waals surface area contributed by atoms with Gasteiger partial charge >= 0.3 is 0 Å². The number of thioether (sulfide) groups is 1. The molecule has 156 valence electrons. The van der Waals surface area contributed by atoms with E-state index in [1.165, 1.54) is 11.8 Å². The van der Waals surface area contributed by atoms with Gasteiger partial charge in [-0.1, -0.05) is 12.1 Å². The summed E-state index contributed by atoms with van der Waals surface area (Å²) in [6.45, 7) is 0.865. The van der Waals surface area contributed by atoms with Crippen LogP contribution in [0.3, 0.4) is 0 Å². The van der Waals surface area contributed by atoms with Crippen LogP contribution in [0, 0.1) is 5.92 Å². The molecule has 0 unspecified atom stereocenters. The Hall–Kier alpha value is -3.00. The van der Waals surface area contributed by atoms with Gasteiger partial charge in [-0.2, -0.15) is 0 Å². The highest BCUT2D eigenvalue weighted by Gasteiger charge is 2.38. The molecule has 1 saturated heterocycles. The van der Waals surface area contributed by atoms with Crippen LogP contribution in [0.4, 0.5) is 11.4 Å². The van der Waals surface area contributed by atoms with Gasteiger partial charge in [0.2, 0.25) is 17.7 Å². The number of para-hydroxylation sites is 1. The van der Waals surface area contributed by atoms with Crippen LogP contribution < -0.4 is 15.4 Å². The lowest BCUT2D eigenvalue weighted by Crippen LogP contribution is -2.50. The molecule has 1 fully saturated rings. The largest absolute Gasteiger partial charge is 0.497 e. The fourth-order valence-electron chi connectivity index (χ4n) is 3.69. The normalized spacial score (nSPS) is 20.7. The van der Waals surface area contributed by atoms with Gasteiger partial charge in [-0.3, -0.25) is 14.4 Å². The van der Waals surface area contributed by atoms with Crippen molar-refractivity contribution in [3.8, 4) is 5.75 Å². The molecular formula is C22H23N3O4S. The van der Waals surface area contributed by atoms with Crippen molar-refractivity contribution >= 4 is 40.9 Å². The Morgan fingerprint density at radius 1 is 1.17 bits per heavy atom. The highest BCUT2D eigenvalue weighted by Crippen LogP contribution is 2.36. The van der Waals surface area contributed by atoms with Gasteiger partial charge in [0.15, 0.2) is 5.25 Å². The molecule has 2 aromatic rings. The molecule has 2 aliphatic heterocycles. The van der Waals surface area contributed by atoms with Crippen molar-refractivity contribution < 1.29 is 19.1 Å². The Bertz CT molecular complexity index is 963. The summed E-state index contributed by atoms with van der Waals surface area (Å²) < 4.78 is 5.13. The predicted octanol–water partition coefficient (Wildman–Crippen LogP) is 2.99. The zero-order valence-corrected chi connectivity index (χ0v) is 17.4. The van der Waals surface area contributed by atoms with Crippen LogP contribution in [-0.4, -0.2) is 48.1 Å². The minimum absolute atomic E-state index is 0.122. The standard InChI is InChI=1S/C22H23N3O4S/c1-29-16-10-8-15(9-11-16)23-20(26)14-5-4-12-25(13-14)22(28)19-21(27)24-17-6-2-3-7-18(17)30-19/h2-3,6-11,14,19H,4-5,12-13H2,1H3,(H,23,26)(H,24,27)/t14-,19-/m0/s1. The molecule has 2 heterocycles. The van der Waals surface area contributed by atoms with E-state index in [4.69, 9.17) is 4.74 Å². The molecule has 8 heteroatoms. The summed E-state index contributed by atoms with van der Waals surface area (Å²) in [5.41, 5.74) is 1.41. The summed E-state index contributed by atoms with van der Waals surface area (Å²) in [5.74, 6) is -0.271. The lowest BCUT2D eigenvalue weighted by molar-refractivity contribution is -0.136. The summed E-state index contributed by atoms with van der Waals surface area (Å²) in [7, 11) is 1.59. The molecule has 0 radical (unpaired) electrons. The van der Waals surface area contributed by atoms with Crippen LogP contribution in [0.15, 0.2) is 53.4 Å². The summed E-state index contributed by atoms with van der Waals surface area (Å²) >= 11 is 1.27. The molecule has 2 atom stereocenters.